The Balaban J connectivity index is 2.46. The van der Waals surface area contributed by atoms with E-state index in [0.717, 1.165) is 32.7 Å². The Morgan fingerprint density at radius 3 is 2.40 bits per heavy atom. The fourth-order valence-electron chi connectivity index (χ4n) is 2.37. The van der Waals surface area contributed by atoms with E-state index in [0.29, 0.717) is 0 Å². The summed E-state index contributed by atoms with van der Waals surface area (Å²) in [5.41, 5.74) is 2.52. The van der Waals surface area contributed by atoms with E-state index in [4.69, 9.17) is 4.42 Å². The zero-order valence-electron chi connectivity index (χ0n) is 12.1. The van der Waals surface area contributed by atoms with Gasteiger partial charge in [-0.25, -0.2) is 0 Å². The maximum Gasteiger partial charge on any atom is 0.106 e. The largest absolute Gasteiger partial charge is 0.466 e. The van der Waals surface area contributed by atoms with Crippen LogP contribution in [0.4, 0.5) is 0 Å². The van der Waals surface area contributed by atoms with Gasteiger partial charge in [0.15, 0.2) is 0 Å². The summed E-state index contributed by atoms with van der Waals surface area (Å²) in [5.74, 6) is 2.02. The lowest BCUT2D eigenvalue weighted by molar-refractivity contribution is 0.493. The predicted molar refractivity (Wildman–Crippen MR) is 92.8 cm³/mol. The normalized spacial score (nSPS) is 12.9. The van der Waals surface area contributed by atoms with Crippen molar-refractivity contribution in [3.63, 3.8) is 0 Å². The number of hydrogen-bond acceptors (Lipinski definition) is 3. The summed E-state index contributed by atoms with van der Waals surface area (Å²) in [6.07, 6.45) is 1.11. The van der Waals surface area contributed by atoms with Crippen LogP contribution in [0.25, 0.3) is 0 Å². The van der Waals surface area contributed by atoms with E-state index in [1.165, 1.54) is 16.0 Å². The summed E-state index contributed by atoms with van der Waals surface area (Å²) in [5, 5.41) is 3.65. The van der Waals surface area contributed by atoms with Crippen molar-refractivity contribution < 1.29 is 4.42 Å². The van der Waals surface area contributed by atoms with Gasteiger partial charge in [-0.15, -0.1) is 11.3 Å². The predicted octanol–water partition coefficient (Wildman–Crippen LogP) is 5.88. The van der Waals surface area contributed by atoms with Crippen LogP contribution in [-0.4, -0.2) is 6.54 Å². The average molecular weight is 421 g/mol. The Bertz CT molecular complexity index is 584. The molecule has 2 nitrogen and oxygen atoms in total. The fourth-order valence-corrected chi connectivity index (χ4v) is 4.55. The number of aryl methyl sites for hydroxylation is 2. The molecule has 0 radical (unpaired) electrons. The molecule has 0 fully saturated rings. The molecule has 1 unspecified atom stereocenters. The van der Waals surface area contributed by atoms with Gasteiger partial charge >= 0.3 is 0 Å². The number of halogens is 2. The van der Waals surface area contributed by atoms with Crippen LogP contribution in [0, 0.1) is 20.8 Å². The Kier molecular flexibility index (Phi) is 5.51. The molecule has 2 rings (SSSR count). The zero-order valence-corrected chi connectivity index (χ0v) is 16.1. The van der Waals surface area contributed by atoms with Gasteiger partial charge in [-0.2, -0.15) is 0 Å². The van der Waals surface area contributed by atoms with Crippen LogP contribution in [0.3, 0.4) is 0 Å². The van der Waals surface area contributed by atoms with E-state index in [9.17, 15) is 0 Å². The molecule has 0 aliphatic heterocycles. The molecule has 0 spiro atoms. The molecule has 2 aromatic rings. The van der Waals surface area contributed by atoms with Gasteiger partial charge in [-0.1, -0.05) is 6.92 Å². The lowest BCUT2D eigenvalue weighted by Gasteiger charge is -2.18. The number of rotatable bonds is 5. The quantitative estimate of drug-likeness (QED) is 0.653. The Labute approximate surface area is 141 Å². The third-order valence-electron chi connectivity index (χ3n) is 3.45. The van der Waals surface area contributed by atoms with Crippen LogP contribution in [0.2, 0.25) is 0 Å². The second kappa shape index (κ2) is 6.77. The average Bonchev–Trinajstić information content (AvgIpc) is 2.84. The topological polar surface area (TPSA) is 25.2 Å². The number of nitrogens with one attached hydrogen (secondary N) is 1. The van der Waals surface area contributed by atoms with E-state index >= 15 is 0 Å². The number of thiophene rings is 1. The summed E-state index contributed by atoms with van der Waals surface area (Å²) in [7, 11) is 0. The maximum atomic E-state index is 5.81. The van der Waals surface area contributed by atoms with E-state index in [2.05, 4.69) is 57.1 Å². The minimum absolute atomic E-state index is 0.194. The molecule has 2 heterocycles. The first-order valence-electron chi connectivity index (χ1n) is 6.70. The van der Waals surface area contributed by atoms with E-state index < -0.39 is 0 Å². The van der Waals surface area contributed by atoms with Crippen molar-refractivity contribution in [3.05, 3.63) is 41.9 Å². The minimum atomic E-state index is 0.194. The molecular formula is C15H19Br2NOS. The maximum absolute atomic E-state index is 5.81. The summed E-state index contributed by atoms with van der Waals surface area (Å²) >= 11 is 8.93. The molecule has 0 saturated heterocycles. The van der Waals surface area contributed by atoms with Crippen molar-refractivity contribution in [2.24, 2.45) is 0 Å². The number of hydrogen-bond donors (Lipinski definition) is 1. The molecule has 0 aliphatic carbocycles. The van der Waals surface area contributed by atoms with Gasteiger partial charge in [0.1, 0.15) is 11.5 Å². The summed E-state index contributed by atoms with van der Waals surface area (Å²) in [4.78, 5) is 1.30. The highest BCUT2D eigenvalue weighted by Crippen LogP contribution is 2.40. The van der Waals surface area contributed by atoms with Crippen LogP contribution < -0.4 is 5.32 Å². The Hall–Kier alpha value is -0.100. The smallest absolute Gasteiger partial charge is 0.106 e. The lowest BCUT2D eigenvalue weighted by Crippen LogP contribution is -2.23. The Morgan fingerprint density at radius 1 is 1.25 bits per heavy atom. The lowest BCUT2D eigenvalue weighted by atomic mass is 10.0. The molecular weight excluding hydrogens is 402 g/mol. The van der Waals surface area contributed by atoms with Gasteiger partial charge in [-0.05, 0) is 77.2 Å². The van der Waals surface area contributed by atoms with Crippen LogP contribution in [0.5, 0.6) is 0 Å². The van der Waals surface area contributed by atoms with Crippen LogP contribution in [0.15, 0.2) is 18.7 Å². The molecule has 20 heavy (non-hydrogen) atoms. The van der Waals surface area contributed by atoms with Gasteiger partial charge in [-0.3, -0.25) is 0 Å². The van der Waals surface area contributed by atoms with Crippen molar-refractivity contribution in [2.45, 2.75) is 40.2 Å². The molecule has 110 valence electrons. The van der Waals surface area contributed by atoms with Crippen LogP contribution in [-0.2, 0) is 0 Å². The third-order valence-corrected chi connectivity index (χ3v) is 6.77. The molecule has 1 N–H and O–H groups in total. The second-order valence-electron chi connectivity index (χ2n) is 4.91. The summed E-state index contributed by atoms with van der Waals surface area (Å²) in [6.45, 7) is 9.39. The van der Waals surface area contributed by atoms with Crippen molar-refractivity contribution in [1.82, 2.24) is 5.32 Å². The van der Waals surface area contributed by atoms with Crippen molar-refractivity contribution in [3.8, 4) is 0 Å². The van der Waals surface area contributed by atoms with Crippen molar-refractivity contribution in [2.75, 3.05) is 6.54 Å². The molecule has 0 aromatic carbocycles. The third kappa shape index (κ3) is 3.21. The minimum Gasteiger partial charge on any atom is -0.466 e. The van der Waals surface area contributed by atoms with Crippen molar-refractivity contribution >= 4 is 43.2 Å². The summed E-state index contributed by atoms with van der Waals surface area (Å²) in [6, 6.07) is 2.38. The first-order valence-corrected chi connectivity index (χ1v) is 9.10. The zero-order chi connectivity index (χ0) is 14.9. The Morgan fingerprint density at radius 2 is 1.95 bits per heavy atom. The van der Waals surface area contributed by atoms with Gasteiger partial charge < -0.3 is 9.73 Å². The van der Waals surface area contributed by atoms with Crippen LogP contribution in [0.1, 0.15) is 46.9 Å². The molecule has 0 bridgehead atoms. The van der Waals surface area contributed by atoms with Gasteiger partial charge in [0, 0.05) is 14.9 Å². The first kappa shape index (κ1) is 16.3. The first-order chi connectivity index (χ1) is 9.45. The number of furan rings is 1. The van der Waals surface area contributed by atoms with E-state index in [-0.39, 0.29) is 6.04 Å². The van der Waals surface area contributed by atoms with E-state index in [1.54, 1.807) is 11.3 Å². The highest BCUT2D eigenvalue weighted by molar-refractivity contribution is 9.13. The van der Waals surface area contributed by atoms with Gasteiger partial charge in [0.05, 0.1) is 9.83 Å². The van der Waals surface area contributed by atoms with Crippen molar-refractivity contribution in [1.29, 1.82) is 0 Å². The highest BCUT2D eigenvalue weighted by Gasteiger charge is 2.24. The molecule has 1 atom stereocenters. The second-order valence-corrected chi connectivity index (χ2v) is 8.17. The van der Waals surface area contributed by atoms with Gasteiger partial charge in [0.25, 0.3) is 0 Å². The SMILES string of the molecule is CCCNC(c1cc(Br)c(Br)s1)c1c(C)oc(C)c1C. The fraction of sp³-hybridized carbons (Fsp3) is 0.467. The van der Waals surface area contributed by atoms with E-state index in [1.807, 2.05) is 13.8 Å². The molecule has 0 aliphatic rings. The standard InChI is InChI=1S/C15H19Br2NOS/c1-5-6-18-14(12-7-11(16)15(17)20-12)13-8(2)9(3)19-10(13)4/h7,14,18H,5-6H2,1-4H3. The molecule has 5 heteroatoms. The van der Waals surface area contributed by atoms with Crippen LogP contribution >= 0.6 is 43.2 Å². The molecule has 2 aromatic heterocycles. The van der Waals surface area contributed by atoms with Gasteiger partial charge in [0.2, 0.25) is 0 Å². The highest BCUT2D eigenvalue weighted by atomic mass is 79.9. The molecule has 0 amide bonds. The molecule has 0 saturated carbocycles. The summed E-state index contributed by atoms with van der Waals surface area (Å²) < 4.78 is 8.04. The monoisotopic (exact) mass is 419 g/mol.